The second-order valence-corrected chi connectivity index (χ2v) is 4.33. The van der Waals surface area contributed by atoms with Gasteiger partial charge in [0.05, 0.1) is 7.11 Å². The van der Waals surface area contributed by atoms with E-state index in [0.29, 0.717) is 6.04 Å². The first-order valence-corrected chi connectivity index (χ1v) is 5.06. The highest BCUT2D eigenvalue weighted by molar-refractivity contribution is 7.13. The summed E-state index contributed by atoms with van der Waals surface area (Å²) < 4.78 is 5.01. The Balaban J connectivity index is 1.87. The first-order chi connectivity index (χ1) is 6.28. The van der Waals surface area contributed by atoms with Crippen LogP contribution < -0.4 is 10.5 Å². The van der Waals surface area contributed by atoms with Crippen LogP contribution in [-0.2, 0) is 6.54 Å². The molecule has 4 nitrogen and oxygen atoms in total. The van der Waals surface area contributed by atoms with E-state index in [2.05, 4.69) is 9.88 Å². The molecular weight excluding hydrogens is 186 g/mol. The monoisotopic (exact) mass is 199 g/mol. The molecule has 2 rings (SSSR count). The van der Waals surface area contributed by atoms with Crippen LogP contribution in [0.1, 0.15) is 4.88 Å². The minimum absolute atomic E-state index is 0.370. The molecule has 0 atom stereocenters. The van der Waals surface area contributed by atoms with E-state index < -0.39 is 0 Å². The number of nitrogens with two attached hydrogens (primary N) is 1. The maximum atomic E-state index is 5.68. The Morgan fingerprint density at radius 3 is 3.08 bits per heavy atom. The van der Waals surface area contributed by atoms with E-state index >= 15 is 0 Å². The van der Waals surface area contributed by atoms with Crippen molar-refractivity contribution >= 4 is 11.3 Å². The number of nitrogens with zero attached hydrogens (tertiary/aromatic N) is 2. The number of likely N-dealkylation sites (tertiary alicyclic amines) is 1. The predicted molar refractivity (Wildman–Crippen MR) is 51.9 cm³/mol. The van der Waals surface area contributed by atoms with Gasteiger partial charge in [-0.3, -0.25) is 4.90 Å². The fourth-order valence-electron chi connectivity index (χ4n) is 1.42. The van der Waals surface area contributed by atoms with Crippen molar-refractivity contribution in [3.63, 3.8) is 0 Å². The summed E-state index contributed by atoms with van der Waals surface area (Å²) in [5.74, 6) is 0. The molecule has 0 aromatic carbocycles. The van der Waals surface area contributed by atoms with Gasteiger partial charge in [-0.2, -0.15) is 0 Å². The minimum atomic E-state index is 0.370. The molecule has 72 valence electrons. The average molecular weight is 199 g/mol. The van der Waals surface area contributed by atoms with Gasteiger partial charge in [0.1, 0.15) is 0 Å². The molecule has 0 unspecified atom stereocenters. The summed E-state index contributed by atoms with van der Waals surface area (Å²) in [5.41, 5.74) is 5.68. The van der Waals surface area contributed by atoms with Crippen LogP contribution in [0.15, 0.2) is 6.20 Å². The fraction of sp³-hybridized carbons (Fsp3) is 0.625. The van der Waals surface area contributed by atoms with Crippen LogP contribution in [0.25, 0.3) is 0 Å². The van der Waals surface area contributed by atoms with Crippen LogP contribution in [-0.4, -0.2) is 36.1 Å². The van der Waals surface area contributed by atoms with Crippen molar-refractivity contribution in [3.05, 3.63) is 11.1 Å². The standard InChI is InChI=1S/C8H13N3OS/c1-12-8-10-2-7(13-8)5-11-3-6(9)4-11/h2,6H,3-5,9H2,1H3. The Kier molecular flexibility index (Phi) is 2.48. The third-order valence-corrected chi connectivity index (χ3v) is 3.02. The van der Waals surface area contributed by atoms with Crippen LogP contribution >= 0.6 is 11.3 Å². The van der Waals surface area contributed by atoms with E-state index in [1.165, 1.54) is 4.88 Å². The molecule has 0 saturated carbocycles. The third kappa shape index (κ3) is 1.99. The van der Waals surface area contributed by atoms with Crippen molar-refractivity contribution in [2.45, 2.75) is 12.6 Å². The number of hydrogen-bond acceptors (Lipinski definition) is 5. The zero-order chi connectivity index (χ0) is 9.26. The lowest BCUT2D eigenvalue weighted by atomic mass is 10.1. The quantitative estimate of drug-likeness (QED) is 0.760. The molecule has 0 bridgehead atoms. The zero-order valence-electron chi connectivity index (χ0n) is 7.56. The van der Waals surface area contributed by atoms with Gasteiger partial charge in [-0.05, 0) is 0 Å². The summed E-state index contributed by atoms with van der Waals surface area (Å²) in [6.45, 7) is 2.95. The summed E-state index contributed by atoms with van der Waals surface area (Å²) in [6, 6.07) is 0.370. The highest BCUT2D eigenvalue weighted by Crippen LogP contribution is 2.22. The molecule has 0 aliphatic carbocycles. The van der Waals surface area contributed by atoms with E-state index in [9.17, 15) is 0 Å². The third-order valence-electron chi connectivity index (χ3n) is 2.07. The summed E-state index contributed by atoms with van der Waals surface area (Å²) in [7, 11) is 1.64. The molecule has 0 radical (unpaired) electrons. The first kappa shape index (κ1) is 8.93. The van der Waals surface area contributed by atoms with Gasteiger partial charge in [-0.1, -0.05) is 11.3 Å². The van der Waals surface area contributed by atoms with Crippen molar-refractivity contribution in [2.75, 3.05) is 20.2 Å². The van der Waals surface area contributed by atoms with Crippen LogP contribution in [0, 0.1) is 0 Å². The molecule has 2 N–H and O–H groups in total. The second kappa shape index (κ2) is 3.61. The van der Waals surface area contributed by atoms with Crippen molar-refractivity contribution in [3.8, 4) is 5.19 Å². The van der Waals surface area contributed by atoms with Crippen molar-refractivity contribution in [1.29, 1.82) is 0 Å². The summed E-state index contributed by atoms with van der Waals surface area (Å²) in [6.07, 6.45) is 1.87. The van der Waals surface area contributed by atoms with Crippen LogP contribution in [0.3, 0.4) is 0 Å². The largest absolute Gasteiger partial charge is 0.473 e. The second-order valence-electron chi connectivity index (χ2n) is 3.25. The lowest BCUT2D eigenvalue weighted by Crippen LogP contribution is -2.54. The molecule has 1 aromatic rings. The van der Waals surface area contributed by atoms with Gasteiger partial charge in [0.15, 0.2) is 0 Å². The highest BCUT2D eigenvalue weighted by Gasteiger charge is 2.23. The van der Waals surface area contributed by atoms with Crippen LogP contribution in [0.4, 0.5) is 0 Å². The predicted octanol–water partition coefficient (Wildman–Crippen LogP) is 0.295. The first-order valence-electron chi connectivity index (χ1n) is 4.24. The Bertz CT molecular complexity index is 283. The summed E-state index contributed by atoms with van der Waals surface area (Å²) in [4.78, 5) is 7.65. The number of ether oxygens (including phenoxy) is 1. The molecule has 1 aromatic heterocycles. The Hall–Kier alpha value is -0.650. The van der Waals surface area contributed by atoms with Crippen LogP contribution in [0.5, 0.6) is 5.19 Å². The van der Waals surface area contributed by atoms with Gasteiger partial charge in [0.25, 0.3) is 5.19 Å². The van der Waals surface area contributed by atoms with Crippen molar-refractivity contribution in [2.24, 2.45) is 5.73 Å². The number of aromatic nitrogens is 1. The van der Waals surface area contributed by atoms with E-state index in [1.54, 1.807) is 18.4 Å². The number of hydrogen-bond donors (Lipinski definition) is 1. The highest BCUT2D eigenvalue weighted by atomic mass is 32.1. The van der Waals surface area contributed by atoms with Crippen molar-refractivity contribution < 1.29 is 4.74 Å². The maximum Gasteiger partial charge on any atom is 0.273 e. The van der Waals surface area contributed by atoms with Gasteiger partial charge in [0, 0.05) is 36.8 Å². The maximum absolute atomic E-state index is 5.68. The van der Waals surface area contributed by atoms with Crippen LogP contribution in [0.2, 0.25) is 0 Å². The van der Waals surface area contributed by atoms with E-state index in [1.807, 2.05) is 6.20 Å². The van der Waals surface area contributed by atoms with E-state index in [-0.39, 0.29) is 0 Å². The average Bonchev–Trinajstić information content (AvgIpc) is 2.50. The molecule has 1 aliphatic heterocycles. The normalized spacial score (nSPS) is 18.6. The number of thiazole rings is 1. The lowest BCUT2D eigenvalue weighted by molar-refractivity contribution is 0.144. The number of rotatable bonds is 3. The number of methoxy groups -OCH3 is 1. The van der Waals surface area contributed by atoms with Gasteiger partial charge < -0.3 is 10.5 Å². The Morgan fingerprint density at radius 2 is 2.54 bits per heavy atom. The summed E-state index contributed by atoms with van der Waals surface area (Å²) in [5, 5.41) is 0.736. The van der Waals surface area contributed by atoms with Gasteiger partial charge >= 0.3 is 0 Å². The lowest BCUT2D eigenvalue weighted by Gasteiger charge is -2.36. The molecular formula is C8H13N3OS. The fourth-order valence-corrected chi connectivity index (χ4v) is 2.18. The molecule has 0 amide bonds. The van der Waals surface area contributed by atoms with Gasteiger partial charge in [-0.25, -0.2) is 4.98 Å². The molecule has 2 heterocycles. The zero-order valence-corrected chi connectivity index (χ0v) is 8.38. The molecule has 1 aliphatic rings. The molecule has 13 heavy (non-hydrogen) atoms. The minimum Gasteiger partial charge on any atom is -0.473 e. The topological polar surface area (TPSA) is 51.4 Å². The van der Waals surface area contributed by atoms with E-state index in [0.717, 1.165) is 24.8 Å². The molecule has 1 saturated heterocycles. The Labute approximate surface area is 81.3 Å². The summed E-state index contributed by atoms with van der Waals surface area (Å²) >= 11 is 1.60. The molecule has 5 heteroatoms. The van der Waals surface area contributed by atoms with Crippen molar-refractivity contribution in [1.82, 2.24) is 9.88 Å². The smallest absolute Gasteiger partial charge is 0.273 e. The van der Waals surface area contributed by atoms with Gasteiger partial charge in [0.2, 0.25) is 0 Å². The van der Waals surface area contributed by atoms with E-state index in [4.69, 9.17) is 10.5 Å². The SMILES string of the molecule is COc1ncc(CN2CC(N)C2)s1. The molecule has 0 spiro atoms. The Morgan fingerprint density at radius 1 is 1.77 bits per heavy atom. The molecule has 1 fully saturated rings. The van der Waals surface area contributed by atoms with Gasteiger partial charge in [-0.15, -0.1) is 0 Å².